The van der Waals surface area contributed by atoms with Crippen molar-refractivity contribution in [1.29, 1.82) is 0 Å². The fourth-order valence-electron chi connectivity index (χ4n) is 3.75. The van der Waals surface area contributed by atoms with Crippen LogP contribution in [0.1, 0.15) is 57.1 Å². The summed E-state index contributed by atoms with van der Waals surface area (Å²) in [5.41, 5.74) is 13.1. The van der Waals surface area contributed by atoms with Gasteiger partial charge in [-0.15, -0.1) is 0 Å². The van der Waals surface area contributed by atoms with Crippen LogP contribution in [0.25, 0.3) is 0 Å². The van der Waals surface area contributed by atoms with Gasteiger partial charge in [0.15, 0.2) is 0 Å². The van der Waals surface area contributed by atoms with Crippen LogP contribution in [0.3, 0.4) is 0 Å². The van der Waals surface area contributed by atoms with Crippen LogP contribution in [-0.4, -0.2) is 47.8 Å². The fraction of sp³-hybridized carbons (Fsp3) is 0.433. The molecule has 0 saturated carbocycles. The predicted molar refractivity (Wildman–Crippen MR) is 151 cm³/mol. The third-order valence-corrected chi connectivity index (χ3v) is 6.61. The highest BCUT2D eigenvalue weighted by Gasteiger charge is 2.29. The highest BCUT2D eigenvalue weighted by Crippen LogP contribution is 2.10. The minimum atomic E-state index is -1.21. The second-order valence-corrected chi connectivity index (χ2v) is 9.81. The van der Waals surface area contributed by atoms with E-state index in [1.807, 2.05) is 55.5 Å². The van der Waals surface area contributed by atoms with E-state index < -0.39 is 47.8 Å². The lowest BCUT2D eigenvalue weighted by molar-refractivity contribution is -0.146. The normalized spacial score (nSPS) is 13.6. The molecule has 41 heavy (non-hydrogen) atoms. The average molecular weight is 569 g/mol. The lowest BCUT2D eigenvalue weighted by atomic mass is 9.98. The van der Waals surface area contributed by atoms with Crippen LogP contribution >= 0.6 is 0 Å². The molecule has 0 aliphatic rings. The van der Waals surface area contributed by atoms with E-state index in [4.69, 9.17) is 20.9 Å². The van der Waals surface area contributed by atoms with Crippen molar-refractivity contribution >= 4 is 29.7 Å². The van der Waals surface area contributed by atoms with Crippen LogP contribution in [-0.2, 0) is 46.7 Å². The van der Waals surface area contributed by atoms with Crippen LogP contribution < -0.4 is 22.1 Å². The molecule has 2 aromatic rings. The molecule has 11 nitrogen and oxygen atoms in total. The van der Waals surface area contributed by atoms with Gasteiger partial charge in [0.2, 0.25) is 17.7 Å². The predicted octanol–water partition coefficient (Wildman–Crippen LogP) is 1.86. The van der Waals surface area contributed by atoms with E-state index in [0.717, 1.165) is 11.1 Å². The number of esters is 2. The molecule has 6 N–H and O–H groups in total. The molecule has 2 rings (SSSR count). The van der Waals surface area contributed by atoms with E-state index in [1.54, 1.807) is 19.1 Å². The van der Waals surface area contributed by atoms with Gasteiger partial charge in [-0.2, -0.15) is 0 Å². The van der Waals surface area contributed by atoms with Crippen molar-refractivity contribution < 1.29 is 33.4 Å². The van der Waals surface area contributed by atoms with Crippen molar-refractivity contribution in [3.8, 4) is 0 Å². The van der Waals surface area contributed by atoms with Gasteiger partial charge < -0.3 is 31.6 Å². The number of ether oxygens (including phenoxy) is 2. The molecule has 3 amide bonds. The number of amides is 3. The van der Waals surface area contributed by atoms with Crippen molar-refractivity contribution in [3.63, 3.8) is 0 Å². The summed E-state index contributed by atoms with van der Waals surface area (Å²) < 4.78 is 10.5. The molecule has 0 saturated heterocycles. The van der Waals surface area contributed by atoms with Crippen LogP contribution in [0.4, 0.5) is 0 Å². The first-order valence-corrected chi connectivity index (χ1v) is 13.6. The Balaban J connectivity index is 1.98. The van der Waals surface area contributed by atoms with Crippen molar-refractivity contribution in [3.05, 3.63) is 71.8 Å². The zero-order chi connectivity index (χ0) is 30.2. The second-order valence-electron chi connectivity index (χ2n) is 9.81. The number of benzene rings is 2. The molecule has 0 bridgehead atoms. The summed E-state index contributed by atoms with van der Waals surface area (Å²) in [7, 11) is 0. The summed E-state index contributed by atoms with van der Waals surface area (Å²) in [4.78, 5) is 62.6. The topological polar surface area (TPSA) is 180 Å². The van der Waals surface area contributed by atoms with Gasteiger partial charge in [0, 0.05) is 12.8 Å². The molecule has 0 aliphatic heterocycles. The Labute approximate surface area is 240 Å². The summed E-state index contributed by atoms with van der Waals surface area (Å²) in [6.07, 6.45) is 0.0601. The Morgan fingerprint density at radius 2 is 1.17 bits per heavy atom. The first-order chi connectivity index (χ1) is 19.6. The Hall–Kier alpha value is -4.25. The average Bonchev–Trinajstić information content (AvgIpc) is 2.98. The van der Waals surface area contributed by atoms with Gasteiger partial charge in [-0.1, -0.05) is 80.9 Å². The number of primary amides is 1. The zero-order valence-electron chi connectivity index (χ0n) is 23.5. The fourth-order valence-corrected chi connectivity index (χ4v) is 3.75. The van der Waals surface area contributed by atoms with Crippen LogP contribution in [0, 0.1) is 5.92 Å². The maximum absolute atomic E-state index is 13.2. The minimum Gasteiger partial charge on any atom is -0.461 e. The minimum absolute atomic E-state index is 0.0614. The molecule has 0 fully saturated rings. The maximum atomic E-state index is 13.2. The molecule has 0 heterocycles. The van der Waals surface area contributed by atoms with Crippen molar-refractivity contribution in [2.24, 2.45) is 17.4 Å². The third kappa shape index (κ3) is 12.2. The summed E-state index contributed by atoms with van der Waals surface area (Å²) >= 11 is 0. The third-order valence-electron chi connectivity index (χ3n) is 6.61. The summed E-state index contributed by atoms with van der Waals surface area (Å²) in [5, 5.41) is 5.07. The van der Waals surface area contributed by atoms with Crippen molar-refractivity contribution in [2.45, 2.75) is 77.3 Å². The highest BCUT2D eigenvalue weighted by atomic mass is 16.5. The molecular formula is C30H40N4O7. The van der Waals surface area contributed by atoms with Gasteiger partial charge in [-0.3, -0.25) is 24.0 Å². The quantitative estimate of drug-likeness (QED) is 0.209. The van der Waals surface area contributed by atoms with Gasteiger partial charge >= 0.3 is 11.9 Å². The van der Waals surface area contributed by atoms with Gasteiger partial charge in [0.1, 0.15) is 25.3 Å². The number of carbonyl (C=O) groups is 5. The number of hydrogen-bond donors (Lipinski definition) is 4. The van der Waals surface area contributed by atoms with E-state index in [0.29, 0.717) is 6.42 Å². The molecule has 222 valence electrons. The van der Waals surface area contributed by atoms with E-state index >= 15 is 0 Å². The monoisotopic (exact) mass is 568 g/mol. The first-order valence-electron chi connectivity index (χ1n) is 13.6. The SMILES string of the molecule is CC[C@H](C)[C@H](N)C(=O)N[C@@H](CCC(=O)OCc1ccccc1)C(=O)N[C@@H](CCC(=O)OCc1ccccc1)C(N)=O. The van der Waals surface area contributed by atoms with Gasteiger partial charge in [-0.25, -0.2) is 0 Å². The highest BCUT2D eigenvalue weighted by molar-refractivity contribution is 5.93. The maximum Gasteiger partial charge on any atom is 0.306 e. The van der Waals surface area contributed by atoms with Gasteiger partial charge in [0.25, 0.3) is 0 Å². The van der Waals surface area contributed by atoms with Gasteiger partial charge in [-0.05, 0) is 29.9 Å². The van der Waals surface area contributed by atoms with Crippen molar-refractivity contribution in [1.82, 2.24) is 10.6 Å². The summed E-state index contributed by atoms with van der Waals surface area (Å²) in [6, 6.07) is 14.9. The molecule has 0 radical (unpaired) electrons. The lowest BCUT2D eigenvalue weighted by Crippen LogP contribution is -2.56. The molecule has 0 spiro atoms. The number of carbonyl (C=O) groups excluding carboxylic acids is 5. The van der Waals surface area contributed by atoms with E-state index in [2.05, 4.69) is 10.6 Å². The number of nitrogens with one attached hydrogen (secondary N) is 2. The van der Waals surface area contributed by atoms with E-state index in [-0.39, 0.29) is 44.8 Å². The van der Waals surface area contributed by atoms with E-state index in [1.165, 1.54) is 0 Å². The lowest BCUT2D eigenvalue weighted by Gasteiger charge is -2.24. The standard InChI is InChI=1S/C30H40N4O7/c1-3-20(2)27(31)30(39)34-24(15-17-26(36)41-19-22-12-8-5-9-13-22)29(38)33-23(28(32)37)14-16-25(35)40-18-21-10-6-4-7-11-21/h4-13,20,23-24,27H,3,14-19,31H2,1-2H3,(H2,32,37)(H,33,38)(H,34,39)/t20-,23-,24-,27-/m0/s1. The summed E-state index contributed by atoms with van der Waals surface area (Å²) in [5.74, 6) is -3.48. The molecular weight excluding hydrogens is 528 g/mol. The first kappa shape index (κ1) is 33.0. The molecule has 11 heteroatoms. The molecule has 0 aromatic heterocycles. The number of nitrogens with two attached hydrogens (primary N) is 2. The second kappa shape index (κ2) is 17.4. The summed E-state index contributed by atoms with van der Waals surface area (Å²) in [6.45, 7) is 3.82. The molecule has 0 unspecified atom stereocenters. The Bertz CT molecular complexity index is 1140. The Morgan fingerprint density at radius 3 is 1.61 bits per heavy atom. The van der Waals surface area contributed by atoms with Crippen LogP contribution in [0.5, 0.6) is 0 Å². The molecule has 0 aliphatic carbocycles. The number of hydrogen-bond acceptors (Lipinski definition) is 8. The molecule has 2 aromatic carbocycles. The van der Waals surface area contributed by atoms with Gasteiger partial charge in [0.05, 0.1) is 6.04 Å². The van der Waals surface area contributed by atoms with E-state index in [9.17, 15) is 24.0 Å². The Morgan fingerprint density at radius 1 is 0.732 bits per heavy atom. The molecule has 4 atom stereocenters. The van der Waals surface area contributed by atoms with Crippen LogP contribution in [0.2, 0.25) is 0 Å². The zero-order valence-corrected chi connectivity index (χ0v) is 23.5. The Kier molecular flexibility index (Phi) is 14.0. The smallest absolute Gasteiger partial charge is 0.306 e. The van der Waals surface area contributed by atoms with Crippen molar-refractivity contribution in [2.75, 3.05) is 0 Å². The largest absolute Gasteiger partial charge is 0.461 e. The number of rotatable bonds is 17. The van der Waals surface area contributed by atoms with Crippen LogP contribution in [0.15, 0.2) is 60.7 Å².